The average molecular weight is 378 g/mol. The van der Waals surface area contributed by atoms with Gasteiger partial charge in [-0.3, -0.25) is 14.9 Å². The van der Waals surface area contributed by atoms with Crippen LogP contribution in [-0.4, -0.2) is 31.1 Å². The molecule has 1 N–H and O–H groups in total. The van der Waals surface area contributed by atoms with Gasteiger partial charge in [0.15, 0.2) is 9.84 Å². The Bertz CT molecular complexity index is 892. The van der Waals surface area contributed by atoms with Gasteiger partial charge in [-0.2, -0.15) is 0 Å². The van der Waals surface area contributed by atoms with Gasteiger partial charge in [0, 0.05) is 17.8 Å². The predicted octanol–water partition coefficient (Wildman–Crippen LogP) is 2.79. The van der Waals surface area contributed by atoms with E-state index in [9.17, 15) is 23.3 Å². The zero-order valence-corrected chi connectivity index (χ0v) is 15.0. The number of nitro groups is 1. The van der Waals surface area contributed by atoms with E-state index in [4.69, 9.17) is 4.74 Å². The van der Waals surface area contributed by atoms with Crippen molar-refractivity contribution in [2.45, 2.75) is 24.0 Å². The molecule has 0 aliphatic rings. The van der Waals surface area contributed by atoms with Crippen LogP contribution in [-0.2, 0) is 14.6 Å². The molecule has 0 aliphatic carbocycles. The lowest BCUT2D eigenvalue weighted by molar-refractivity contribution is -0.384. The molecule has 0 fully saturated rings. The highest BCUT2D eigenvalue weighted by atomic mass is 32.2. The first-order valence-corrected chi connectivity index (χ1v) is 9.32. The number of rotatable bonds is 7. The van der Waals surface area contributed by atoms with Crippen LogP contribution in [0.1, 0.15) is 13.8 Å². The second kappa shape index (κ2) is 7.96. The lowest BCUT2D eigenvalue weighted by Gasteiger charge is -2.14. The first-order chi connectivity index (χ1) is 12.3. The molecule has 26 heavy (non-hydrogen) atoms. The summed E-state index contributed by atoms with van der Waals surface area (Å²) in [6, 6.07) is 10.9. The molecule has 0 aliphatic heterocycles. The maximum absolute atomic E-state index is 12.5. The lowest BCUT2D eigenvalue weighted by atomic mass is 10.3. The van der Waals surface area contributed by atoms with Gasteiger partial charge in [-0.1, -0.05) is 0 Å². The van der Waals surface area contributed by atoms with Crippen LogP contribution in [0.2, 0.25) is 0 Å². The summed E-state index contributed by atoms with van der Waals surface area (Å²) in [5.74, 6) is -0.0652. The van der Waals surface area contributed by atoms with Crippen molar-refractivity contribution in [2.75, 3.05) is 11.9 Å². The van der Waals surface area contributed by atoms with Gasteiger partial charge in [0.25, 0.3) is 5.69 Å². The van der Waals surface area contributed by atoms with Crippen molar-refractivity contribution >= 4 is 27.1 Å². The van der Waals surface area contributed by atoms with Crippen molar-refractivity contribution in [2.24, 2.45) is 0 Å². The first kappa shape index (κ1) is 19.4. The number of carbonyl (C=O) groups is 1. The van der Waals surface area contributed by atoms with Crippen LogP contribution in [0, 0.1) is 10.1 Å². The highest BCUT2D eigenvalue weighted by Crippen LogP contribution is 2.21. The van der Waals surface area contributed by atoms with Crippen molar-refractivity contribution in [3.63, 3.8) is 0 Å². The first-order valence-electron chi connectivity index (χ1n) is 7.77. The molecule has 2 rings (SSSR count). The predicted molar refractivity (Wildman–Crippen MR) is 96.0 cm³/mol. The second-order valence-corrected chi connectivity index (χ2v) is 7.65. The summed E-state index contributed by atoms with van der Waals surface area (Å²) >= 11 is 0. The quantitative estimate of drug-likeness (QED) is 0.585. The van der Waals surface area contributed by atoms with E-state index in [2.05, 4.69) is 5.32 Å². The number of hydrogen-bond acceptors (Lipinski definition) is 6. The van der Waals surface area contributed by atoms with E-state index in [1.54, 1.807) is 24.3 Å². The normalized spacial score (nSPS) is 12.2. The minimum absolute atomic E-state index is 0.155. The molecule has 1 amide bonds. The summed E-state index contributed by atoms with van der Waals surface area (Å²) in [4.78, 5) is 22.2. The minimum Gasteiger partial charge on any atom is -0.494 e. The Morgan fingerprint density at radius 3 is 2.23 bits per heavy atom. The average Bonchev–Trinajstić information content (AvgIpc) is 2.63. The Morgan fingerprint density at radius 1 is 1.15 bits per heavy atom. The van der Waals surface area contributed by atoms with Crippen molar-refractivity contribution < 1.29 is 22.9 Å². The fraction of sp³-hybridized carbons (Fsp3) is 0.235. The zero-order chi connectivity index (χ0) is 19.3. The molecule has 138 valence electrons. The van der Waals surface area contributed by atoms with Crippen molar-refractivity contribution in [1.29, 1.82) is 0 Å². The third kappa shape index (κ3) is 4.37. The number of carbonyl (C=O) groups excluding carboxylic acids is 1. The Labute approximate surface area is 150 Å². The van der Waals surface area contributed by atoms with Crippen LogP contribution in [0.3, 0.4) is 0 Å². The molecule has 0 aromatic heterocycles. The largest absolute Gasteiger partial charge is 0.494 e. The summed E-state index contributed by atoms with van der Waals surface area (Å²) in [6.07, 6.45) is 0. The number of ether oxygens (including phenoxy) is 1. The number of nitrogens with zero attached hydrogens (tertiary/aromatic N) is 1. The summed E-state index contributed by atoms with van der Waals surface area (Å²) in [6.45, 7) is 3.62. The molecule has 0 unspecified atom stereocenters. The van der Waals surface area contributed by atoms with E-state index >= 15 is 0 Å². The number of sulfone groups is 1. The Balaban J connectivity index is 2.13. The van der Waals surface area contributed by atoms with E-state index in [1.165, 1.54) is 6.92 Å². The summed E-state index contributed by atoms with van der Waals surface area (Å²) < 4.78 is 30.4. The topological polar surface area (TPSA) is 116 Å². The highest BCUT2D eigenvalue weighted by Gasteiger charge is 2.30. The minimum atomic E-state index is -3.98. The third-order valence-electron chi connectivity index (χ3n) is 3.64. The Kier molecular flexibility index (Phi) is 5.93. The fourth-order valence-electron chi connectivity index (χ4n) is 2.15. The van der Waals surface area contributed by atoms with Gasteiger partial charge < -0.3 is 10.1 Å². The van der Waals surface area contributed by atoms with E-state index in [-0.39, 0.29) is 10.6 Å². The maximum Gasteiger partial charge on any atom is 0.269 e. The smallest absolute Gasteiger partial charge is 0.269 e. The number of hydrogen-bond donors (Lipinski definition) is 1. The monoisotopic (exact) mass is 378 g/mol. The maximum atomic E-state index is 12.5. The van der Waals surface area contributed by atoms with Crippen LogP contribution in [0.4, 0.5) is 11.4 Å². The molecule has 1 atom stereocenters. The SMILES string of the molecule is CCOc1ccc(NC(=O)[C@H](C)S(=O)(=O)c2ccc([N+](=O)[O-])cc2)cc1. The standard InChI is InChI=1S/C17H18N2O6S/c1-3-25-15-8-4-13(5-9-15)18-17(20)12(2)26(23,24)16-10-6-14(7-11-16)19(21)22/h4-12H,3H2,1-2H3,(H,18,20)/t12-/m0/s1. The molecule has 0 radical (unpaired) electrons. The van der Waals surface area contributed by atoms with Crippen molar-refractivity contribution in [3.8, 4) is 5.75 Å². The molecule has 2 aromatic rings. The van der Waals surface area contributed by atoms with Crippen LogP contribution < -0.4 is 10.1 Å². The number of nitro benzene ring substituents is 1. The molecule has 0 saturated heterocycles. The van der Waals surface area contributed by atoms with Crippen LogP contribution in [0.25, 0.3) is 0 Å². The van der Waals surface area contributed by atoms with Crippen molar-refractivity contribution in [3.05, 3.63) is 58.6 Å². The van der Waals surface area contributed by atoms with E-state index in [1.807, 2.05) is 6.92 Å². The third-order valence-corrected chi connectivity index (χ3v) is 5.72. The molecule has 0 bridgehead atoms. The molecule has 0 saturated carbocycles. The summed E-state index contributed by atoms with van der Waals surface area (Å²) in [5, 5.41) is 11.8. The summed E-state index contributed by atoms with van der Waals surface area (Å²) in [7, 11) is -3.98. The summed E-state index contributed by atoms with van der Waals surface area (Å²) in [5.41, 5.74) is 0.208. The van der Waals surface area contributed by atoms with Crippen LogP contribution in [0.5, 0.6) is 5.75 Å². The molecular weight excluding hydrogens is 360 g/mol. The molecular formula is C17H18N2O6S. The lowest BCUT2D eigenvalue weighted by Crippen LogP contribution is -2.32. The Hall–Kier alpha value is -2.94. The van der Waals surface area contributed by atoms with Gasteiger partial charge >= 0.3 is 0 Å². The number of benzene rings is 2. The molecule has 8 nitrogen and oxygen atoms in total. The van der Waals surface area contributed by atoms with E-state index < -0.39 is 25.9 Å². The molecule has 0 heterocycles. The van der Waals surface area contributed by atoms with Gasteiger partial charge in [0.05, 0.1) is 16.4 Å². The van der Waals surface area contributed by atoms with Crippen LogP contribution in [0.15, 0.2) is 53.4 Å². The molecule has 2 aromatic carbocycles. The number of anilines is 1. The van der Waals surface area contributed by atoms with Crippen LogP contribution >= 0.6 is 0 Å². The second-order valence-electron chi connectivity index (χ2n) is 5.38. The molecule has 0 spiro atoms. The van der Waals surface area contributed by atoms with E-state index in [0.29, 0.717) is 18.0 Å². The highest BCUT2D eigenvalue weighted by molar-refractivity contribution is 7.92. The number of nitrogens with one attached hydrogen (secondary N) is 1. The van der Waals surface area contributed by atoms with Gasteiger partial charge in [-0.25, -0.2) is 8.42 Å². The number of amides is 1. The van der Waals surface area contributed by atoms with Gasteiger partial charge in [-0.05, 0) is 50.2 Å². The van der Waals surface area contributed by atoms with Gasteiger partial charge in [0.1, 0.15) is 11.0 Å². The fourth-order valence-corrected chi connectivity index (χ4v) is 3.41. The Morgan fingerprint density at radius 2 is 1.73 bits per heavy atom. The van der Waals surface area contributed by atoms with Gasteiger partial charge in [0.2, 0.25) is 5.91 Å². The van der Waals surface area contributed by atoms with Crippen molar-refractivity contribution in [1.82, 2.24) is 0 Å². The molecule has 9 heteroatoms. The van der Waals surface area contributed by atoms with Gasteiger partial charge in [-0.15, -0.1) is 0 Å². The number of non-ortho nitro benzene ring substituents is 1. The zero-order valence-electron chi connectivity index (χ0n) is 14.2. The van der Waals surface area contributed by atoms with E-state index in [0.717, 1.165) is 24.3 Å².